The highest BCUT2D eigenvalue weighted by Gasteiger charge is 2.25. The molecule has 0 radical (unpaired) electrons. The van der Waals surface area contributed by atoms with Gasteiger partial charge in [-0.2, -0.15) is 0 Å². The number of rotatable bonds is 5. The minimum atomic E-state index is -0.0890. The molecule has 0 bridgehead atoms. The molecule has 7 heteroatoms. The summed E-state index contributed by atoms with van der Waals surface area (Å²) in [6.45, 7) is 1.93. The Morgan fingerprint density at radius 3 is 2.57 bits per heavy atom. The number of carbonyl (C=O) groups excluding carboxylic acids is 2. The normalized spacial score (nSPS) is 15.9. The molecule has 1 aliphatic heterocycles. The summed E-state index contributed by atoms with van der Waals surface area (Å²) in [7, 11) is 0. The van der Waals surface area contributed by atoms with Gasteiger partial charge in [-0.05, 0) is 91.5 Å². The summed E-state index contributed by atoms with van der Waals surface area (Å²) >= 11 is 0. The van der Waals surface area contributed by atoms with E-state index < -0.39 is 0 Å². The number of likely N-dealkylation sites (tertiary alicyclic amines) is 1. The van der Waals surface area contributed by atoms with Crippen molar-refractivity contribution in [3.63, 3.8) is 0 Å². The van der Waals surface area contributed by atoms with E-state index in [4.69, 9.17) is 0 Å². The zero-order valence-corrected chi connectivity index (χ0v) is 20.9. The SMILES string of the molecule is O=C(NCc1ccn2ccnc2c1)c1ccc(C2CCN(C(=O)c3cnc4c(c3)CCCC4)CC2)cc1. The van der Waals surface area contributed by atoms with Crippen LogP contribution in [0.4, 0.5) is 0 Å². The number of imidazole rings is 1. The van der Waals surface area contributed by atoms with Crippen molar-refractivity contribution in [1.82, 2.24) is 24.6 Å². The lowest BCUT2D eigenvalue weighted by atomic mass is 9.88. The molecule has 1 fully saturated rings. The summed E-state index contributed by atoms with van der Waals surface area (Å²) in [6, 6.07) is 13.9. The number of hydrogen-bond acceptors (Lipinski definition) is 4. The second-order valence-corrected chi connectivity index (χ2v) is 10.1. The van der Waals surface area contributed by atoms with Crippen molar-refractivity contribution < 1.29 is 9.59 Å². The van der Waals surface area contributed by atoms with Crippen molar-refractivity contribution in [2.75, 3.05) is 13.1 Å². The van der Waals surface area contributed by atoms with Crippen LogP contribution in [-0.4, -0.2) is 44.2 Å². The molecule has 3 aromatic heterocycles. The molecule has 1 saturated heterocycles. The van der Waals surface area contributed by atoms with E-state index in [0.717, 1.165) is 61.2 Å². The van der Waals surface area contributed by atoms with E-state index in [-0.39, 0.29) is 11.8 Å². The van der Waals surface area contributed by atoms with Crippen LogP contribution in [0.2, 0.25) is 0 Å². The zero-order chi connectivity index (χ0) is 25.2. The van der Waals surface area contributed by atoms with Gasteiger partial charge in [0.05, 0.1) is 5.56 Å². The number of aromatic nitrogens is 3. The number of hydrogen-bond donors (Lipinski definition) is 1. The Labute approximate surface area is 216 Å². The second-order valence-electron chi connectivity index (χ2n) is 10.1. The predicted molar refractivity (Wildman–Crippen MR) is 142 cm³/mol. The highest BCUT2D eigenvalue weighted by Crippen LogP contribution is 2.29. The molecule has 4 heterocycles. The zero-order valence-electron chi connectivity index (χ0n) is 20.9. The number of nitrogens with zero attached hydrogens (tertiary/aromatic N) is 4. The maximum atomic E-state index is 13.1. The number of benzene rings is 1. The van der Waals surface area contributed by atoms with Gasteiger partial charge in [-0.1, -0.05) is 12.1 Å². The van der Waals surface area contributed by atoms with Crippen molar-refractivity contribution in [2.24, 2.45) is 0 Å². The molecule has 0 spiro atoms. The number of carbonyl (C=O) groups is 2. The van der Waals surface area contributed by atoms with Crippen LogP contribution in [0.5, 0.6) is 0 Å². The van der Waals surface area contributed by atoms with Crippen LogP contribution in [0.1, 0.15) is 74.7 Å². The molecule has 2 amide bonds. The lowest BCUT2D eigenvalue weighted by Crippen LogP contribution is -2.38. The van der Waals surface area contributed by atoms with Crippen molar-refractivity contribution in [3.05, 3.63) is 101 Å². The Morgan fingerprint density at radius 1 is 0.919 bits per heavy atom. The average molecular weight is 494 g/mol. The van der Waals surface area contributed by atoms with Crippen LogP contribution in [0.3, 0.4) is 0 Å². The molecular weight excluding hydrogens is 462 g/mol. The highest BCUT2D eigenvalue weighted by molar-refractivity contribution is 5.94. The highest BCUT2D eigenvalue weighted by atomic mass is 16.2. The molecule has 1 aliphatic carbocycles. The Hall–Kier alpha value is -4.00. The van der Waals surface area contributed by atoms with Gasteiger partial charge in [-0.3, -0.25) is 14.6 Å². The molecule has 37 heavy (non-hydrogen) atoms. The molecule has 6 rings (SSSR count). The Morgan fingerprint density at radius 2 is 1.73 bits per heavy atom. The lowest BCUT2D eigenvalue weighted by Gasteiger charge is -2.32. The van der Waals surface area contributed by atoms with Crippen LogP contribution in [0.25, 0.3) is 5.65 Å². The van der Waals surface area contributed by atoms with Crippen molar-refractivity contribution in [3.8, 4) is 0 Å². The molecule has 1 aromatic carbocycles. The molecule has 7 nitrogen and oxygen atoms in total. The van der Waals surface area contributed by atoms with Gasteiger partial charge in [-0.15, -0.1) is 0 Å². The van der Waals surface area contributed by atoms with Gasteiger partial charge >= 0.3 is 0 Å². The molecule has 4 aromatic rings. The number of piperidine rings is 1. The lowest BCUT2D eigenvalue weighted by molar-refractivity contribution is 0.0712. The average Bonchev–Trinajstić information content (AvgIpc) is 3.43. The van der Waals surface area contributed by atoms with Crippen molar-refractivity contribution in [2.45, 2.75) is 51.0 Å². The third-order valence-corrected chi connectivity index (χ3v) is 7.76. The molecule has 2 aliphatic rings. The van der Waals surface area contributed by atoms with E-state index in [9.17, 15) is 9.59 Å². The first kappa shape index (κ1) is 23.4. The van der Waals surface area contributed by atoms with Crippen LogP contribution < -0.4 is 5.32 Å². The number of pyridine rings is 2. The first-order chi connectivity index (χ1) is 18.1. The fourth-order valence-electron chi connectivity index (χ4n) is 5.56. The standard InChI is InChI=1S/C30H31N5O2/c36-29(33-19-21-9-13-34-16-12-31-28(34)17-21)24-7-5-22(6-8-24)23-10-14-35(15-11-23)30(37)26-18-25-3-1-2-4-27(25)32-20-26/h5-9,12-13,16-18,20,23H,1-4,10-11,14-15,19H2,(H,33,36). The van der Waals surface area contributed by atoms with Crippen LogP contribution in [-0.2, 0) is 19.4 Å². The number of amides is 2. The van der Waals surface area contributed by atoms with Crippen molar-refractivity contribution >= 4 is 17.5 Å². The minimum Gasteiger partial charge on any atom is -0.348 e. The molecule has 188 valence electrons. The van der Waals surface area contributed by atoms with Gasteiger partial charge in [0.15, 0.2) is 0 Å². The Bertz CT molecular complexity index is 1430. The van der Waals surface area contributed by atoms with E-state index in [1.807, 2.05) is 46.0 Å². The third kappa shape index (κ3) is 4.99. The second kappa shape index (κ2) is 10.2. The van der Waals surface area contributed by atoms with E-state index in [1.54, 1.807) is 12.4 Å². The molecule has 0 unspecified atom stereocenters. The fraction of sp³-hybridized carbons (Fsp3) is 0.333. The van der Waals surface area contributed by atoms with Gasteiger partial charge in [0, 0.05) is 55.7 Å². The molecule has 1 N–H and O–H groups in total. The Kier molecular flexibility index (Phi) is 6.43. The molecule has 0 atom stereocenters. The summed E-state index contributed by atoms with van der Waals surface area (Å²) in [5.41, 5.74) is 6.88. The maximum absolute atomic E-state index is 13.1. The van der Waals surface area contributed by atoms with E-state index in [1.165, 1.54) is 24.0 Å². The minimum absolute atomic E-state index is 0.0890. The van der Waals surface area contributed by atoms with E-state index >= 15 is 0 Å². The number of nitrogens with one attached hydrogen (secondary N) is 1. The number of aryl methyl sites for hydroxylation is 2. The van der Waals surface area contributed by atoms with Gasteiger partial charge in [0.2, 0.25) is 0 Å². The van der Waals surface area contributed by atoms with Crippen molar-refractivity contribution in [1.29, 1.82) is 0 Å². The quantitative estimate of drug-likeness (QED) is 0.442. The third-order valence-electron chi connectivity index (χ3n) is 7.76. The maximum Gasteiger partial charge on any atom is 0.255 e. The fourth-order valence-corrected chi connectivity index (χ4v) is 5.56. The Balaban J connectivity index is 1.02. The summed E-state index contributed by atoms with van der Waals surface area (Å²) in [5.74, 6) is 0.399. The summed E-state index contributed by atoms with van der Waals surface area (Å²) in [6.07, 6.45) is 13.6. The van der Waals surface area contributed by atoms with Gasteiger partial charge in [0.25, 0.3) is 11.8 Å². The van der Waals surface area contributed by atoms with Crippen LogP contribution >= 0.6 is 0 Å². The topological polar surface area (TPSA) is 79.6 Å². The first-order valence-electron chi connectivity index (χ1n) is 13.2. The monoisotopic (exact) mass is 493 g/mol. The first-order valence-corrected chi connectivity index (χ1v) is 13.2. The number of fused-ring (bicyclic) bond motifs is 2. The predicted octanol–water partition coefficient (Wildman–Crippen LogP) is 4.56. The van der Waals surface area contributed by atoms with Gasteiger partial charge in [0.1, 0.15) is 5.65 Å². The smallest absolute Gasteiger partial charge is 0.255 e. The van der Waals surface area contributed by atoms with Crippen LogP contribution in [0, 0.1) is 0 Å². The van der Waals surface area contributed by atoms with Crippen LogP contribution in [0.15, 0.2) is 67.3 Å². The summed E-state index contributed by atoms with van der Waals surface area (Å²) in [5, 5.41) is 3.00. The molecule has 0 saturated carbocycles. The van der Waals surface area contributed by atoms with E-state index in [2.05, 4.69) is 33.5 Å². The van der Waals surface area contributed by atoms with E-state index in [0.29, 0.717) is 18.0 Å². The molecular formula is C30H31N5O2. The van der Waals surface area contributed by atoms with Gasteiger partial charge < -0.3 is 14.6 Å². The summed E-state index contributed by atoms with van der Waals surface area (Å²) in [4.78, 5) is 36.6. The largest absolute Gasteiger partial charge is 0.348 e. The summed E-state index contributed by atoms with van der Waals surface area (Å²) < 4.78 is 1.94. The van der Waals surface area contributed by atoms with Gasteiger partial charge in [-0.25, -0.2) is 4.98 Å².